The van der Waals surface area contributed by atoms with E-state index in [1.807, 2.05) is 30.3 Å². The molecule has 2 nitrogen and oxygen atoms in total. The van der Waals surface area contributed by atoms with E-state index in [9.17, 15) is 4.79 Å². The molecule has 0 aromatic heterocycles. The fraction of sp³-hybridized carbons (Fsp3) is 0.222. The standard InChI is InChI=1S/C9H6Cl2O2/c10-9(11)7(13-8(9)12)6-4-2-1-3-5-6/h1-5,7H. The fourth-order valence-corrected chi connectivity index (χ4v) is 1.64. The summed E-state index contributed by atoms with van der Waals surface area (Å²) in [7, 11) is 0. The van der Waals surface area contributed by atoms with Crippen LogP contribution in [0.2, 0.25) is 0 Å². The van der Waals surface area contributed by atoms with Crippen LogP contribution in [0, 0.1) is 0 Å². The van der Waals surface area contributed by atoms with Gasteiger partial charge in [0, 0.05) is 0 Å². The highest BCUT2D eigenvalue weighted by molar-refractivity contribution is 6.59. The zero-order valence-electron chi connectivity index (χ0n) is 6.54. The van der Waals surface area contributed by atoms with E-state index in [0.717, 1.165) is 5.56 Å². The van der Waals surface area contributed by atoms with Crippen molar-refractivity contribution in [2.24, 2.45) is 0 Å². The van der Waals surface area contributed by atoms with Crippen molar-refractivity contribution < 1.29 is 9.53 Å². The van der Waals surface area contributed by atoms with Gasteiger partial charge < -0.3 is 4.74 Å². The molecule has 1 unspecified atom stereocenters. The van der Waals surface area contributed by atoms with E-state index in [2.05, 4.69) is 0 Å². The van der Waals surface area contributed by atoms with E-state index < -0.39 is 16.4 Å². The summed E-state index contributed by atoms with van der Waals surface area (Å²) in [6.45, 7) is 0. The first-order valence-electron chi connectivity index (χ1n) is 3.76. The Bertz CT molecular complexity index is 335. The van der Waals surface area contributed by atoms with E-state index in [-0.39, 0.29) is 0 Å². The normalized spacial score (nSPS) is 24.8. The first-order chi connectivity index (χ1) is 6.12. The van der Waals surface area contributed by atoms with Gasteiger partial charge in [0.1, 0.15) is 0 Å². The Morgan fingerprint density at radius 1 is 1.23 bits per heavy atom. The largest absolute Gasteiger partial charge is 0.451 e. The zero-order valence-corrected chi connectivity index (χ0v) is 8.05. The van der Waals surface area contributed by atoms with Gasteiger partial charge in [-0.2, -0.15) is 0 Å². The highest BCUT2D eigenvalue weighted by atomic mass is 35.5. The third-order valence-corrected chi connectivity index (χ3v) is 2.63. The van der Waals surface area contributed by atoms with Gasteiger partial charge in [-0.1, -0.05) is 53.5 Å². The smallest absolute Gasteiger partial charge is 0.347 e. The third kappa shape index (κ3) is 1.30. The number of hydrogen-bond acceptors (Lipinski definition) is 2. The summed E-state index contributed by atoms with van der Waals surface area (Å²) >= 11 is 11.5. The molecule has 0 N–H and O–H groups in total. The number of alkyl halides is 2. The van der Waals surface area contributed by atoms with Crippen LogP contribution >= 0.6 is 23.2 Å². The average Bonchev–Trinajstić information content (AvgIpc) is 2.15. The maximum atomic E-state index is 10.8. The SMILES string of the molecule is O=C1OC(c2ccccc2)C1(Cl)Cl. The second-order valence-corrected chi connectivity index (χ2v) is 4.20. The molecule has 1 aliphatic heterocycles. The Hall–Kier alpha value is -0.730. The molecule has 1 atom stereocenters. The lowest BCUT2D eigenvalue weighted by Crippen LogP contribution is -2.48. The minimum absolute atomic E-state index is 0.537. The lowest BCUT2D eigenvalue weighted by molar-refractivity contribution is -0.172. The van der Waals surface area contributed by atoms with Gasteiger partial charge >= 0.3 is 5.97 Å². The Balaban J connectivity index is 2.27. The Morgan fingerprint density at radius 2 is 1.85 bits per heavy atom. The van der Waals surface area contributed by atoms with Crippen molar-refractivity contribution in [3.05, 3.63) is 35.9 Å². The zero-order chi connectivity index (χ0) is 9.47. The van der Waals surface area contributed by atoms with Crippen LogP contribution in [0.3, 0.4) is 0 Å². The van der Waals surface area contributed by atoms with Gasteiger partial charge in [0.05, 0.1) is 0 Å². The molecule has 0 amide bonds. The lowest BCUT2D eigenvalue weighted by atomic mass is 10.0. The summed E-state index contributed by atoms with van der Waals surface area (Å²) in [6.07, 6.45) is -0.537. The van der Waals surface area contributed by atoms with Crippen molar-refractivity contribution in [1.82, 2.24) is 0 Å². The molecule has 0 spiro atoms. The Kier molecular flexibility index (Phi) is 1.97. The van der Waals surface area contributed by atoms with Crippen LogP contribution in [0.4, 0.5) is 0 Å². The average molecular weight is 217 g/mol. The number of esters is 1. The van der Waals surface area contributed by atoms with Crippen molar-refractivity contribution in [3.8, 4) is 0 Å². The van der Waals surface area contributed by atoms with Crippen molar-refractivity contribution in [2.45, 2.75) is 10.4 Å². The maximum Gasteiger partial charge on any atom is 0.347 e. The number of rotatable bonds is 1. The molecule has 1 aromatic carbocycles. The summed E-state index contributed by atoms with van der Waals surface area (Å²) in [5.41, 5.74) is 0.812. The number of carbonyl (C=O) groups is 1. The highest BCUT2D eigenvalue weighted by Gasteiger charge is 2.56. The van der Waals surface area contributed by atoms with Gasteiger partial charge in [0.15, 0.2) is 6.10 Å². The minimum Gasteiger partial charge on any atom is -0.451 e. The molecule has 2 rings (SSSR count). The van der Waals surface area contributed by atoms with Gasteiger partial charge in [-0.25, -0.2) is 4.79 Å². The predicted molar refractivity (Wildman–Crippen MR) is 49.7 cm³/mol. The first kappa shape index (κ1) is 8.85. The number of benzene rings is 1. The molecule has 0 saturated carbocycles. The van der Waals surface area contributed by atoms with Crippen molar-refractivity contribution >= 4 is 29.2 Å². The second-order valence-electron chi connectivity index (χ2n) is 2.82. The molecule has 13 heavy (non-hydrogen) atoms. The van der Waals surface area contributed by atoms with Gasteiger partial charge in [-0.3, -0.25) is 0 Å². The number of hydrogen-bond donors (Lipinski definition) is 0. The van der Waals surface area contributed by atoms with E-state index in [4.69, 9.17) is 27.9 Å². The number of halogens is 2. The molecule has 1 aliphatic rings. The van der Waals surface area contributed by atoms with Crippen LogP contribution in [-0.4, -0.2) is 10.3 Å². The maximum absolute atomic E-state index is 10.8. The molecule has 1 saturated heterocycles. The molecule has 68 valence electrons. The lowest BCUT2D eigenvalue weighted by Gasteiger charge is -2.37. The second kappa shape index (κ2) is 2.89. The molecular formula is C9H6Cl2O2. The summed E-state index contributed by atoms with van der Waals surface area (Å²) in [5, 5.41) is 0. The van der Waals surface area contributed by atoms with Gasteiger partial charge in [-0.05, 0) is 5.56 Å². The molecule has 0 bridgehead atoms. The summed E-state index contributed by atoms with van der Waals surface area (Å²) in [4.78, 5) is 10.8. The van der Waals surface area contributed by atoms with Crippen molar-refractivity contribution in [1.29, 1.82) is 0 Å². The van der Waals surface area contributed by atoms with Crippen LogP contribution in [0.5, 0.6) is 0 Å². The molecule has 0 radical (unpaired) electrons. The van der Waals surface area contributed by atoms with Crippen LogP contribution in [0.25, 0.3) is 0 Å². The molecule has 1 aromatic rings. The number of cyclic esters (lactones) is 1. The van der Waals surface area contributed by atoms with E-state index in [1.54, 1.807) is 0 Å². The highest BCUT2D eigenvalue weighted by Crippen LogP contribution is 2.48. The van der Waals surface area contributed by atoms with Crippen LogP contribution in [0.15, 0.2) is 30.3 Å². The van der Waals surface area contributed by atoms with Gasteiger partial charge in [0.2, 0.25) is 0 Å². The fourth-order valence-electron chi connectivity index (χ4n) is 1.21. The van der Waals surface area contributed by atoms with E-state index in [1.165, 1.54) is 0 Å². The molecule has 1 fully saturated rings. The Morgan fingerprint density at radius 3 is 2.31 bits per heavy atom. The van der Waals surface area contributed by atoms with Crippen molar-refractivity contribution in [3.63, 3.8) is 0 Å². The van der Waals surface area contributed by atoms with E-state index >= 15 is 0 Å². The molecule has 4 heteroatoms. The van der Waals surface area contributed by atoms with Crippen LogP contribution in [0.1, 0.15) is 11.7 Å². The first-order valence-corrected chi connectivity index (χ1v) is 4.52. The quantitative estimate of drug-likeness (QED) is 0.533. The number of carbonyl (C=O) groups excluding carboxylic acids is 1. The summed E-state index contributed by atoms with van der Waals surface area (Å²) < 4.78 is 3.42. The molecular weight excluding hydrogens is 211 g/mol. The monoisotopic (exact) mass is 216 g/mol. The van der Waals surface area contributed by atoms with Gasteiger partial charge in [-0.15, -0.1) is 0 Å². The van der Waals surface area contributed by atoms with Gasteiger partial charge in [0.25, 0.3) is 4.33 Å². The minimum atomic E-state index is -1.42. The van der Waals surface area contributed by atoms with Crippen molar-refractivity contribution in [2.75, 3.05) is 0 Å². The van der Waals surface area contributed by atoms with Crippen LogP contribution < -0.4 is 0 Å². The third-order valence-electron chi connectivity index (χ3n) is 1.93. The summed E-state index contributed by atoms with van der Waals surface area (Å²) in [6, 6.07) is 9.18. The topological polar surface area (TPSA) is 26.3 Å². The number of ether oxygens (including phenoxy) is 1. The van der Waals surface area contributed by atoms with Crippen LogP contribution in [-0.2, 0) is 9.53 Å². The molecule has 1 heterocycles. The summed E-state index contributed by atoms with van der Waals surface area (Å²) in [5.74, 6) is -0.579. The predicted octanol–water partition coefficient (Wildman–Crippen LogP) is 2.46. The van der Waals surface area contributed by atoms with E-state index in [0.29, 0.717) is 0 Å². The Labute approximate surface area is 85.4 Å². The molecule has 0 aliphatic carbocycles.